The number of aliphatic hydroxyl groups is 2. The highest BCUT2D eigenvalue weighted by molar-refractivity contribution is 5.69. The maximum absolute atomic E-state index is 11.2. The van der Waals surface area contributed by atoms with Gasteiger partial charge in [-0.15, -0.1) is 0 Å². The van der Waals surface area contributed by atoms with Crippen molar-refractivity contribution in [2.45, 2.75) is 104 Å². The number of unbranched alkanes of at least 4 members (excludes halogenated alkanes) is 8. The molecular weight excluding hydrogens is 280 g/mol. The summed E-state index contributed by atoms with van der Waals surface area (Å²) in [4.78, 5) is 11.2. The van der Waals surface area contributed by atoms with E-state index < -0.39 is 6.10 Å². The summed E-state index contributed by atoms with van der Waals surface area (Å²) in [5.74, 6) is -0.0389. The highest BCUT2D eigenvalue weighted by Crippen LogP contribution is 2.10. The molecular formula is C18H38O4. The Hall–Kier alpha value is -0.610. The van der Waals surface area contributed by atoms with Gasteiger partial charge in [-0.2, -0.15) is 0 Å². The van der Waals surface area contributed by atoms with Crippen molar-refractivity contribution in [2.24, 2.45) is 0 Å². The number of hydrogen-bond acceptors (Lipinski definition) is 4. The molecule has 0 saturated carbocycles. The molecule has 0 aromatic heterocycles. The molecule has 0 heterocycles. The molecule has 0 saturated heterocycles. The number of rotatable bonds is 12. The van der Waals surface area contributed by atoms with Gasteiger partial charge >= 0.3 is 5.97 Å². The van der Waals surface area contributed by atoms with Crippen LogP contribution in [-0.2, 0) is 9.53 Å². The molecule has 0 spiro atoms. The maximum atomic E-state index is 11.2. The molecule has 0 aliphatic carbocycles. The minimum atomic E-state index is -0.560. The summed E-state index contributed by atoms with van der Waals surface area (Å²) in [6.45, 7) is 7.43. The normalized spacial score (nSPS) is 11.8. The van der Waals surface area contributed by atoms with Crippen molar-refractivity contribution in [1.82, 2.24) is 0 Å². The van der Waals surface area contributed by atoms with Gasteiger partial charge in [-0.05, 0) is 27.2 Å². The number of esters is 1. The van der Waals surface area contributed by atoms with Gasteiger partial charge in [0.25, 0.3) is 0 Å². The Bertz CT molecular complexity index is 227. The average Bonchev–Trinajstić information content (AvgIpc) is 2.45. The molecule has 0 amide bonds. The van der Waals surface area contributed by atoms with Crippen LogP contribution in [-0.4, -0.2) is 35.0 Å². The van der Waals surface area contributed by atoms with Crippen LogP contribution in [0.4, 0.5) is 0 Å². The van der Waals surface area contributed by atoms with Crippen LogP contribution < -0.4 is 0 Å². The Balaban J connectivity index is 0. The fourth-order valence-corrected chi connectivity index (χ4v) is 1.90. The van der Waals surface area contributed by atoms with Gasteiger partial charge in [0.05, 0.1) is 18.8 Å². The maximum Gasteiger partial charge on any atom is 0.306 e. The molecule has 0 aliphatic rings. The number of carbonyl (C=O) groups excluding carboxylic acids is 1. The smallest absolute Gasteiger partial charge is 0.306 e. The van der Waals surface area contributed by atoms with Gasteiger partial charge in [-0.25, -0.2) is 0 Å². The van der Waals surface area contributed by atoms with Crippen molar-refractivity contribution >= 4 is 5.97 Å². The van der Waals surface area contributed by atoms with Crippen molar-refractivity contribution in [3.05, 3.63) is 0 Å². The zero-order chi connectivity index (χ0) is 17.2. The van der Waals surface area contributed by atoms with Crippen LogP contribution >= 0.6 is 0 Å². The van der Waals surface area contributed by atoms with E-state index in [4.69, 9.17) is 14.9 Å². The average molecular weight is 318 g/mol. The van der Waals surface area contributed by atoms with E-state index in [-0.39, 0.29) is 18.7 Å². The predicted octanol–water partition coefficient (Wildman–Crippen LogP) is 4.22. The fraction of sp³-hybridized carbons (Fsp3) is 0.944. The molecule has 1 unspecified atom stereocenters. The monoisotopic (exact) mass is 318 g/mol. The van der Waals surface area contributed by atoms with Gasteiger partial charge in [-0.1, -0.05) is 58.3 Å². The first-order valence-electron chi connectivity index (χ1n) is 8.92. The lowest BCUT2D eigenvalue weighted by molar-refractivity contribution is -0.147. The van der Waals surface area contributed by atoms with Gasteiger partial charge in [0.1, 0.15) is 0 Å². The van der Waals surface area contributed by atoms with Crippen molar-refractivity contribution in [3.8, 4) is 0 Å². The Kier molecular flexibility index (Phi) is 19.8. The van der Waals surface area contributed by atoms with E-state index in [0.29, 0.717) is 6.42 Å². The molecule has 0 rings (SSSR count). The number of carbonyl (C=O) groups is 1. The largest absolute Gasteiger partial charge is 0.463 e. The first kappa shape index (κ1) is 23.7. The molecule has 0 aromatic rings. The molecule has 2 N–H and O–H groups in total. The molecule has 0 fully saturated rings. The lowest BCUT2D eigenvalue weighted by Crippen LogP contribution is -2.10. The summed E-state index contributed by atoms with van der Waals surface area (Å²) in [6, 6.07) is 0. The molecule has 0 aromatic carbocycles. The van der Waals surface area contributed by atoms with Crippen LogP contribution in [0.3, 0.4) is 0 Å². The quantitative estimate of drug-likeness (QED) is 0.418. The van der Waals surface area contributed by atoms with Gasteiger partial charge in [0.2, 0.25) is 0 Å². The first-order chi connectivity index (χ1) is 10.4. The molecule has 0 radical (unpaired) electrons. The lowest BCUT2D eigenvalue weighted by Gasteiger charge is -2.07. The van der Waals surface area contributed by atoms with Crippen LogP contribution in [0.2, 0.25) is 0 Å². The zero-order valence-electron chi connectivity index (χ0n) is 15.1. The van der Waals surface area contributed by atoms with E-state index in [0.717, 1.165) is 6.42 Å². The Morgan fingerprint density at radius 1 is 0.909 bits per heavy atom. The summed E-state index contributed by atoms with van der Waals surface area (Å²) in [6.07, 6.45) is 11.6. The lowest BCUT2D eigenvalue weighted by atomic mass is 10.1. The molecule has 4 nitrogen and oxygen atoms in total. The van der Waals surface area contributed by atoms with Crippen LogP contribution in [0, 0.1) is 0 Å². The summed E-state index contributed by atoms with van der Waals surface area (Å²) in [7, 11) is 0. The van der Waals surface area contributed by atoms with E-state index in [2.05, 4.69) is 6.92 Å². The van der Waals surface area contributed by atoms with E-state index in [9.17, 15) is 4.79 Å². The minimum Gasteiger partial charge on any atom is -0.463 e. The number of hydrogen-bond donors (Lipinski definition) is 2. The number of ether oxygens (including phenoxy) is 1. The van der Waals surface area contributed by atoms with E-state index in [1.165, 1.54) is 58.3 Å². The second-order valence-corrected chi connectivity index (χ2v) is 6.15. The SMILES string of the molecule is CC(O)CO.CCCCCCCCCCCC(=O)OC(C)C. The van der Waals surface area contributed by atoms with Crippen LogP contribution in [0.1, 0.15) is 91.9 Å². The topological polar surface area (TPSA) is 66.8 Å². The first-order valence-corrected chi connectivity index (χ1v) is 8.92. The predicted molar refractivity (Wildman–Crippen MR) is 91.8 cm³/mol. The van der Waals surface area contributed by atoms with Crippen LogP contribution in [0.15, 0.2) is 0 Å². The van der Waals surface area contributed by atoms with Crippen LogP contribution in [0.25, 0.3) is 0 Å². The van der Waals surface area contributed by atoms with Crippen LogP contribution in [0.5, 0.6) is 0 Å². The van der Waals surface area contributed by atoms with Gasteiger partial charge < -0.3 is 14.9 Å². The Morgan fingerprint density at radius 3 is 1.68 bits per heavy atom. The fourth-order valence-electron chi connectivity index (χ4n) is 1.90. The summed E-state index contributed by atoms with van der Waals surface area (Å²) >= 11 is 0. The second kappa shape index (κ2) is 18.4. The minimum absolute atomic E-state index is 0.0288. The molecule has 0 bridgehead atoms. The van der Waals surface area contributed by atoms with Gasteiger partial charge in [-0.3, -0.25) is 4.79 Å². The summed E-state index contributed by atoms with van der Waals surface area (Å²) in [5.41, 5.74) is 0. The molecule has 22 heavy (non-hydrogen) atoms. The molecule has 1 atom stereocenters. The van der Waals surface area contributed by atoms with Crippen molar-refractivity contribution in [2.75, 3.05) is 6.61 Å². The third-order valence-electron chi connectivity index (χ3n) is 3.12. The van der Waals surface area contributed by atoms with E-state index in [1.54, 1.807) is 0 Å². The van der Waals surface area contributed by atoms with Gasteiger partial charge in [0.15, 0.2) is 0 Å². The molecule has 134 valence electrons. The highest BCUT2D eigenvalue weighted by atomic mass is 16.5. The second-order valence-electron chi connectivity index (χ2n) is 6.15. The van der Waals surface area contributed by atoms with Gasteiger partial charge in [0, 0.05) is 6.42 Å². The van der Waals surface area contributed by atoms with E-state index >= 15 is 0 Å². The third kappa shape index (κ3) is 24.4. The number of aliphatic hydroxyl groups excluding tert-OH is 2. The van der Waals surface area contributed by atoms with Crippen molar-refractivity contribution in [1.29, 1.82) is 0 Å². The molecule has 0 aliphatic heterocycles. The highest BCUT2D eigenvalue weighted by Gasteiger charge is 2.04. The Morgan fingerprint density at radius 2 is 1.32 bits per heavy atom. The zero-order valence-corrected chi connectivity index (χ0v) is 15.1. The van der Waals surface area contributed by atoms with Crippen molar-refractivity contribution in [3.63, 3.8) is 0 Å². The van der Waals surface area contributed by atoms with E-state index in [1.807, 2.05) is 13.8 Å². The van der Waals surface area contributed by atoms with Crippen molar-refractivity contribution < 1.29 is 19.7 Å². The third-order valence-corrected chi connectivity index (χ3v) is 3.12. The molecule has 4 heteroatoms. The standard InChI is InChI=1S/C15H30O2.C3H8O2/c1-4-5-6-7-8-9-10-11-12-13-15(16)17-14(2)3;1-3(5)2-4/h14H,4-13H2,1-3H3;3-5H,2H2,1H3. The Labute approximate surface area is 137 Å². The summed E-state index contributed by atoms with van der Waals surface area (Å²) in [5, 5.41) is 16.0. The summed E-state index contributed by atoms with van der Waals surface area (Å²) < 4.78 is 5.08.